The van der Waals surface area contributed by atoms with Crippen LogP contribution in [0.1, 0.15) is 31.9 Å². The first-order valence-electron chi connectivity index (χ1n) is 6.47. The Morgan fingerprint density at radius 2 is 2.42 bits per heavy atom. The highest BCUT2D eigenvalue weighted by atomic mass is 16.4. The summed E-state index contributed by atoms with van der Waals surface area (Å²) in [6.07, 6.45) is 2.14. The van der Waals surface area contributed by atoms with E-state index < -0.39 is 11.4 Å². The zero-order chi connectivity index (χ0) is 13.9. The topological polar surface area (TPSA) is 77.2 Å². The van der Waals surface area contributed by atoms with Gasteiger partial charge in [-0.1, -0.05) is 13.0 Å². The lowest BCUT2D eigenvalue weighted by Gasteiger charge is -2.40. The SMILES string of the molecule is CCC1(C(=O)O)CCCN(c2cccc(C#N)n2)C1. The number of pyridine rings is 1. The van der Waals surface area contributed by atoms with Crippen LogP contribution in [0.3, 0.4) is 0 Å². The van der Waals surface area contributed by atoms with Crippen LogP contribution in [0.4, 0.5) is 5.82 Å². The second-order valence-corrected chi connectivity index (χ2v) is 4.96. The van der Waals surface area contributed by atoms with Crippen LogP contribution in [-0.4, -0.2) is 29.1 Å². The molecule has 1 N–H and O–H groups in total. The van der Waals surface area contributed by atoms with Crippen molar-refractivity contribution in [2.45, 2.75) is 26.2 Å². The van der Waals surface area contributed by atoms with E-state index in [9.17, 15) is 9.90 Å². The van der Waals surface area contributed by atoms with Gasteiger partial charge < -0.3 is 10.0 Å². The summed E-state index contributed by atoms with van der Waals surface area (Å²) in [4.78, 5) is 17.7. The van der Waals surface area contributed by atoms with E-state index >= 15 is 0 Å². The van der Waals surface area contributed by atoms with Crippen LogP contribution in [0, 0.1) is 16.7 Å². The molecule has 1 atom stereocenters. The van der Waals surface area contributed by atoms with Gasteiger partial charge in [0, 0.05) is 13.1 Å². The number of piperidine rings is 1. The third-order valence-corrected chi connectivity index (χ3v) is 3.88. The number of nitrogens with zero attached hydrogens (tertiary/aromatic N) is 3. The molecule has 0 aromatic carbocycles. The molecule has 1 fully saturated rings. The third kappa shape index (κ3) is 2.53. The van der Waals surface area contributed by atoms with Crippen LogP contribution in [0.2, 0.25) is 0 Å². The standard InChI is InChI=1S/C14H17N3O2/c1-2-14(13(18)19)7-4-8-17(10-14)12-6-3-5-11(9-15)16-12/h3,5-6H,2,4,7-8,10H2,1H3,(H,18,19). The van der Waals surface area contributed by atoms with Crippen molar-refractivity contribution in [3.8, 4) is 6.07 Å². The molecule has 0 radical (unpaired) electrons. The first-order chi connectivity index (χ1) is 9.11. The molecule has 5 nitrogen and oxygen atoms in total. The van der Waals surface area contributed by atoms with Crippen molar-refractivity contribution in [2.75, 3.05) is 18.0 Å². The van der Waals surface area contributed by atoms with Crippen LogP contribution in [0.5, 0.6) is 0 Å². The molecule has 1 saturated heterocycles. The smallest absolute Gasteiger partial charge is 0.311 e. The van der Waals surface area contributed by atoms with Gasteiger partial charge in [-0.2, -0.15) is 5.26 Å². The van der Waals surface area contributed by atoms with Crippen molar-refractivity contribution in [1.82, 2.24) is 4.98 Å². The zero-order valence-electron chi connectivity index (χ0n) is 11.0. The van der Waals surface area contributed by atoms with Gasteiger partial charge in [-0.3, -0.25) is 4.79 Å². The van der Waals surface area contributed by atoms with Gasteiger partial charge in [0.2, 0.25) is 0 Å². The third-order valence-electron chi connectivity index (χ3n) is 3.88. The number of carboxylic acids is 1. The van der Waals surface area contributed by atoms with Crippen LogP contribution < -0.4 is 4.90 Å². The Kier molecular flexibility index (Phi) is 3.70. The first-order valence-corrected chi connectivity index (χ1v) is 6.47. The van der Waals surface area contributed by atoms with Gasteiger partial charge >= 0.3 is 5.97 Å². The predicted octanol–water partition coefficient (Wildman–Crippen LogP) is 2.03. The number of nitriles is 1. The van der Waals surface area contributed by atoms with Crippen LogP contribution in [0.15, 0.2) is 18.2 Å². The Bertz CT molecular complexity index is 524. The fraction of sp³-hybridized carbons (Fsp3) is 0.500. The molecule has 2 heterocycles. The molecule has 5 heteroatoms. The van der Waals surface area contributed by atoms with E-state index in [1.54, 1.807) is 12.1 Å². The van der Waals surface area contributed by atoms with E-state index in [0.29, 0.717) is 30.9 Å². The molecule has 19 heavy (non-hydrogen) atoms. The highest BCUT2D eigenvalue weighted by Crippen LogP contribution is 2.35. The minimum Gasteiger partial charge on any atom is -0.481 e. The maximum absolute atomic E-state index is 11.5. The van der Waals surface area contributed by atoms with E-state index in [1.165, 1.54) is 0 Å². The Balaban J connectivity index is 2.26. The Hall–Kier alpha value is -2.09. The summed E-state index contributed by atoms with van der Waals surface area (Å²) >= 11 is 0. The average Bonchev–Trinajstić information content (AvgIpc) is 2.47. The summed E-state index contributed by atoms with van der Waals surface area (Å²) in [6, 6.07) is 7.27. The van der Waals surface area contributed by atoms with Gasteiger partial charge in [-0.15, -0.1) is 0 Å². The second kappa shape index (κ2) is 5.27. The molecule has 1 aromatic rings. The number of carbonyl (C=O) groups is 1. The maximum Gasteiger partial charge on any atom is 0.311 e. The summed E-state index contributed by atoms with van der Waals surface area (Å²) in [5, 5.41) is 18.3. The largest absolute Gasteiger partial charge is 0.481 e. The minimum atomic E-state index is -0.740. The quantitative estimate of drug-likeness (QED) is 0.898. The molecule has 1 aliphatic heterocycles. The second-order valence-electron chi connectivity index (χ2n) is 4.96. The molecular formula is C14H17N3O2. The molecular weight excluding hydrogens is 242 g/mol. The van der Waals surface area contributed by atoms with E-state index in [2.05, 4.69) is 4.98 Å². The predicted molar refractivity (Wildman–Crippen MR) is 70.8 cm³/mol. The summed E-state index contributed by atoms with van der Waals surface area (Å²) in [5.74, 6) is -0.0473. The number of hydrogen-bond acceptors (Lipinski definition) is 4. The lowest BCUT2D eigenvalue weighted by Crippen LogP contribution is -2.47. The fourth-order valence-electron chi connectivity index (χ4n) is 2.60. The molecule has 1 aromatic heterocycles. The Morgan fingerprint density at radius 3 is 3.05 bits per heavy atom. The minimum absolute atomic E-state index is 0.362. The number of carboxylic acid groups (broad SMARTS) is 1. The number of hydrogen-bond donors (Lipinski definition) is 1. The molecule has 1 aliphatic rings. The Morgan fingerprint density at radius 1 is 1.63 bits per heavy atom. The highest BCUT2D eigenvalue weighted by Gasteiger charge is 2.41. The average molecular weight is 259 g/mol. The first kappa shape index (κ1) is 13.3. The fourth-order valence-corrected chi connectivity index (χ4v) is 2.60. The van der Waals surface area contributed by atoms with Gasteiger partial charge in [-0.05, 0) is 31.4 Å². The lowest BCUT2D eigenvalue weighted by atomic mass is 9.77. The molecule has 1 unspecified atom stereocenters. The van der Waals surface area contributed by atoms with Crippen molar-refractivity contribution in [3.63, 3.8) is 0 Å². The van der Waals surface area contributed by atoms with Crippen molar-refractivity contribution in [1.29, 1.82) is 5.26 Å². The number of aromatic nitrogens is 1. The van der Waals surface area contributed by atoms with Gasteiger partial charge in [0.25, 0.3) is 0 Å². The van der Waals surface area contributed by atoms with Gasteiger partial charge in [0.05, 0.1) is 5.41 Å². The number of anilines is 1. The molecule has 0 saturated carbocycles. The van der Waals surface area contributed by atoms with Crippen molar-refractivity contribution in [2.24, 2.45) is 5.41 Å². The van der Waals surface area contributed by atoms with Gasteiger partial charge in [0.15, 0.2) is 0 Å². The molecule has 0 aliphatic carbocycles. The van der Waals surface area contributed by atoms with E-state index in [-0.39, 0.29) is 0 Å². The van der Waals surface area contributed by atoms with Crippen LogP contribution in [0.25, 0.3) is 0 Å². The van der Waals surface area contributed by atoms with Crippen molar-refractivity contribution in [3.05, 3.63) is 23.9 Å². The molecule has 100 valence electrons. The van der Waals surface area contributed by atoms with E-state index in [4.69, 9.17) is 5.26 Å². The zero-order valence-corrected chi connectivity index (χ0v) is 11.0. The number of aliphatic carboxylic acids is 1. The summed E-state index contributed by atoms with van der Waals surface area (Å²) in [6.45, 7) is 3.16. The van der Waals surface area contributed by atoms with Gasteiger partial charge in [-0.25, -0.2) is 4.98 Å². The van der Waals surface area contributed by atoms with Crippen molar-refractivity contribution < 1.29 is 9.90 Å². The summed E-state index contributed by atoms with van der Waals surface area (Å²) in [7, 11) is 0. The van der Waals surface area contributed by atoms with Gasteiger partial charge in [0.1, 0.15) is 17.6 Å². The summed E-state index contributed by atoms with van der Waals surface area (Å²) < 4.78 is 0. The maximum atomic E-state index is 11.5. The van der Waals surface area contributed by atoms with E-state index in [0.717, 1.165) is 13.0 Å². The highest BCUT2D eigenvalue weighted by molar-refractivity contribution is 5.76. The van der Waals surface area contributed by atoms with Crippen LogP contribution in [-0.2, 0) is 4.79 Å². The van der Waals surface area contributed by atoms with E-state index in [1.807, 2.05) is 24.0 Å². The van der Waals surface area contributed by atoms with Crippen LogP contribution >= 0.6 is 0 Å². The normalized spacial score (nSPS) is 22.8. The summed E-state index contributed by atoms with van der Waals surface area (Å²) in [5.41, 5.74) is -0.330. The van der Waals surface area contributed by atoms with Crippen molar-refractivity contribution >= 4 is 11.8 Å². The number of rotatable bonds is 3. The monoisotopic (exact) mass is 259 g/mol. The molecule has 0 spiro atoms. The lowest BCUT2D eigenvalue weighted by molar-refractivity contribution is -0.149. The molecule has 2 rings (SSSR count). The molecule has 0 amide bonds. The molecule has 0 bridgehead atoms. The Labute approximate surface area is 112 Å².